The van der Waals surface area contributed by atoms with Gasteiger partial charge in [-0.2, -0.15) is 0 Å². The van der Waals surface area contributed by atoms with Gasteiger partial charge < -0.3 is 16.2 Å². The number of carbonyl (C=O) groups is 1. The molecule has 0 spiro atoms. The van der Waals surface area contributed by atoms with Crippen molar-refractivity contribution in [2.24, 2.45) is 5.41 Å². The molecule has 1 saturated carbocycles. The minimum Gasteiger partial charge on any atom is -0.478 e. The van der Waals surface area contributed by atoms with Crippen molar-refractivity contribution in [1.82, 2.24) is 0 Å². The fourth-order valence-electron chi connectivity index (χ4n) is 1.76. The lowest BCUT2D eigenvalue weighted by molar-refractivity contribution is 0.0698. The first-order chi connectivity index (χ1) is 7.40. The van der Waals surface area contributed by atoms with Crippen molar-refractivity contribution in [2.45, 2.75) is 26.3 Å². The van der Waals surface area contributed by atoms with Crippen LogP contribution >= 0.6 is 0 Å². The van der Waals surface area contributed by atoms with E-state index >= 15 is 0 Å². The van der Waals surface area contributed by atoms with Crippen LogP contribution in [0.15, 0.2) is 18.2 Å². The molecule has 1 aromatic carbocycles. The van der Waals surface area contributed by atoms with Crippen LogP contribution in [-0.2, 0) is 0 Å². The largest absolute Gasteiger partial charge is 0.478 e. The zero-order chi connectivity index (χ0) is 11.9. The Morgan fingerprint density at radius 2 is 2.19 bits per heavy atom. The summed E-state index contributed by atoms with van der Waals surface area (Å²) in [6.45, 7) is 4.39. The molecule has 1 atom stereocenters. The first-order valence-electron chi connectivity index (χ1n) is 5.29. The maximum atomic E-state index is 10.8. The average molecular weight is 220 g/mol. The highest BCUT2D eigenvalue weighted by Crippen LogP contribution is 2.46. The van der Waals surface area contributed by atoms with Gasteiger partial charge in [-0.15, -0.1) is 0 Å². The number of nitrogen functional groups attached to an aromatic ring is 1. The number of rotatable bonds is 3. The van der Waals surface area contributed by atoms with Crippen molar-refractivity contribution in [3.05, 3.63) is 23.8 Å². The predicted molar refractivity (Wildman–Crippen MR) is 63.6 cm³/mol. The lowest BCUT2D eigenvalue weighted by Gasteiger charge is -2.09. The summed E-state index contributed by atoms with van der Waals surface area (Å²) in [5, 5.41) is 12.2. The van der Waals surface area contributed by atoms with Gasteiger partial charge in [-0.05, 0) is 30.0 Å². The van der Waals surface area contributed by atoms with Crippen molar-refractivity contribution in [1.29, 1.82) is 0 Å². The molecule has 1 aromatic rings. The molecule has 0 radical (unpaired) electrons. The van der Waals surface area contributed by atoms with E-state index in [0.717, 1.165) is 12.1 Å². The Balaban J connectivity index is 2.13. The maximum absolute atomic E-state index is 10.8. The van der Waals surface area contributed by atoms with E-state index in [4.69, 9.17) is 10.8 Å². The van der Waals surface area contributed by atoms with Crippen LogP contribution in [0.2, 0.25) is 0 Å². The third-order valence-corrected chi connectivity index (χ3v) is 3.14. The second-order valence-electron chi connectivity index (χ2n) is 5.00. The molecule has 0 aliphatic heterocycles. The Labute approximate surface area is 94.5 Å². The second kappa shape index (κ2) is 3.40. The molecule has 1 unspecified atom stereocenters. The SMILES string of the molecule is CC1(C)CC1Nc1ccc(C(=O)O)c(N)c1. The summed E-state index contributed by atoms with van der Waals surface area (Å²) >= 11 is 0. The standard InChI is InChI=1S/C12H16N2O2/c1-12(2)6-10(12)14-7-3-4-8(11(15)16)9(13)5-7/h3-5,10,14H,6,13H2,1-2H3,(H,15,16). The third kappa shape index (κ3) is 1.96. The molecular weight excluding hydrogens is 204 g/mol. The molecule has 4 nitrogen and oxygen atoms in total. The van der Waals surface area contributed by atoms with Gasteiger partial charge in [0.1, 0.15) is 0 Å². The van der Waals surface area contributed by atoms with Crippen LogP contribution in [-0.4, -0.2) is 17.1 Å². The summed E-state index contributed by atoms with van der Waals surface area (Å²) in [4.78, 5) is 10.8. The Bertz CT molecular complexity index is 441. The Kier molecular flexibility index (Phi) is 2.30. The maximum Gasteiger partial charge on any atom is 0.337 e. The van der Waals surface area contributed by atoms with E-state index in [-0.39, 0.29) is 5.56 Å². The highest BCUT2D eigenvalue weighted by molar-refractivity contribution is 5.94. The monoisotopic (exact) mass is 220 g/mol. The van der Waals surface area contributed by atoms with E-state index in [0.29, 0.717) is 17.1 Å². The van der Waals surface area contributed by atoms with Crippen molar-refractivity contribution in [2.75, 3.05) is 11.1 Å². The lowest BCUT2D eigenvalue weighted by Crippen LogP contribution is -2.09. The molecule has 0 aromatic heterocycles. The van der Waals surface area contributed by atoms with Gasteiger partial charge in [0.15, 0.2) is 0 Å². The number of anilines is 2. The fraction of sp³-hybridized carbons (Fsp3) is 0.417. The van der Waals surface area contributed by atoms with E-state index in [9.17, 15) is 4.79 Å². The van der Waals surface area contributed by atoms with E-state index in [2.05, 4.69) is 19.2 Å². The number of aromatic carboxylic acids is 1. The van der Waals surface area contributed by atoms with E-state index in [1.165, 1.54) is 6.07 Å². The van der Waals surface area contributed by atoms with Gasteiger partial charge in [0.2, 0.25) is 0 Å². The molecule has 0 bridgehead atoms. The molecule has 2 rings (SSSR count). The van der Waals surface area contributed by atoms with Crippen LogP contribution in [0.5, 0.6) is 0 Å². The highest BCUT2D eigenvalue weighted by Gasteiger charge is 2.45. The van der Waals surface area contributed by atoms with Crippen molar-refractivity contribution in [3.63, 3.8) is 0 Å². The number of carboxylic acids is 1. The molecule has 0 heterocycles. The molecule has 0 saturated heterocycles. The van der Waals surface area contributed by atoms with Crippen LogP contribution in [0.25, 0.3) is 0 Å². The molecule has 4 N–H and O–H groups in total. The first kappa shape index (κ1) is 10.8. The normalized spacial score (nSPS) is 21.5. The fourth-order valence-corrected chi connectivity index (χ4v) is 1.76. The number of hydrogen-bond acceptors (Lipinski definition) is 3. The molecule has 0 amide bonds. The van der Waals surface area contributed by atoms with Gasteiger partial charge >= 0.3 is 5.97 Å². The van der Waals surface area contributed by atoms with Crippen LogP contribution < -0.4 is 11.1 Å². The Hall–Kier alpha value is -1.71. The Morgan fingerprint density at radius 1 is 1.56 bits per heavy atom. The topological polar surface area (TPSA) is 75.3 Å². The van der Waals surface area contributed by atoms with Crippen LogP contribution in [0.3, 0.4) is 0 Å². The van der Waals surface area contributed by atoms with Gasteiger partial charge in [-0.25, -0.2) is 4.79 Å². The molecule has 16 heavy (non-hydrogen) atoms. The number of hydrogen-bond donors (Lipinski definition) is 3. The van der Waals surface area contributed by atoms with Crippen molar-refractivity contribution >= 4 is 17.3 Å². The van der Waals surface area contributed by atoms with Gasteiger partial charge in [0.25, 0.3) is 0 Å². The van der Waals surface area contributed by atoms with Gasteiger partial charge in [-0.3, -0.25) is 0 Å². The highest BCUT2D eigenvalue weighted by atomic mass is 16.4. The molecule has 4 heteroatoms. The zero-order valence-electron chi connectivity index (χ0n) is 9.45. The number of nitrogens with one attached hydrogen (secondary N) is 1. The van der Waals surface area contributed by atoms with E-state index in [1.807, 2.05) is 0 Å². The van der Waals surface area contributed by atoms with Gasteiger partial charge in [0.05, 0.1) is 5.56 Å². The summed E-state index contributed by atoms with van der Waals surface area (Å²) < 4.78 is 0. The van der Waals surface area contributed by atoms with Crippen LogP contribution in [0.4, 0.5) is 11.4 Å². The summed E-state index contributed by atoms with van der Waals surface area (Å²) in [7, 11) is 0. The lowest BCUT2D eigenvalue weighted by atomic mass is 10.1. The molecular formula is C12H16N2O2. The molecule has 1 fully saturated rings. The summed E-state index contributed by atoms with van der Waals surface area (Å²) in [5.74, 6) is -0.990. The summed E-state index contributed by atoms with van der Waals surface area (Å²) in [5.41, 5.74) is 7.34. The minimum atomic E-state index is -0.990. The smallest absolute Gasteiger partial charge is 0.337 e. The van der Waals surface area contributed by atoms with E-state index < -0.39 is 5.97 Å². The second-order valence-corrected chi connectivity index (χ2v) is 5.00. The molecule has 1 aliphatic rings. The number of benzene rings is 1. The first-order valence-corrected chi connectivity index (χ1v) is 5.29. The number of carboxylic acid groups (broad SMARTS) is 1. The minimum absolute atomic E-state index is 0.153. The van der Waals surface area contributed by atoms with Gasteiger partial charge in [0, 0.05) is 17.4 Å². The van der Waals surface area contributed by atoms with Crippen molar-refractivity contribution < 1.29 is 9.90 Å². The Morgan fingerprint density at radius 3 is 2.62 bits per heavy atom. The van der Waals surface area contributed by atoms with Crippen LogP contribution in [0.1, 0.15) is 30.6 Å². The molecule has 86 valence electrons. The predicted octanol–water partition coefficient (Wildman–Crippen LogP) is 2.18. The molecule has 1 aliphatic carbocycles. The number of nitrogens with two attached hydrogens (primary N) is 1. The summed E-state index contributed by atoms with van der Waals surface area (Å²) in [6, 6.07) is 5.43. The quantitative estimate of drug-likeness (QED) is 0.682. The van der Waals surface area contributed by atoms with E-state index in [1.54, 1.807) is 12.1 Å². The third-order valence-electron chi connectivity index (χ3n) is 3.14. The van der Waals surface area contributed by atoms with Crippen LogP contribution in [0, 0.1) is 5.41 Å². The zero-order valence-corrected chi connectivity index (χ0v) is 9.45. The average Bonchev–Trinajstić information content (AvgIpc) is 2.72. The van der Waals surface area contributed by atoms with Gasteiger partial charge in [-0.1, -0.05) is 13.8 Å². The van der Waals surface area contributed by atoms with Crippen molar-refractivity contribution in [3.8, 4) is 0 Å². The summed E-state index contributed by atoms with van der Waals surface area (Å²) in [6.07, 6.45) is 1.13.